The molecule has 106 valence electrons. The van der Waals surface area contributed by atoms with E-state index in [4.69, 9.17) is 10.9 Å². The quantitative estimate of drug-likeness (QED) is 0.823. The third kappa shape index (κ3) is 2.84. The first-order chi connectivity index (χ1) is 8.80. The molecule has 6 heteroatoms. The van der Waals surface area contributed by atoms with Crippen molar-refractivity contribution in [1.29, 1.82) is 0 Å². The Labute approximate surface area is 114 Å². The molecule has 0 spiro atoms. The molecule has 0 amide bonds. The Morgan fingerprint density at radius 2 is 2.05 bits per heavy atom. The van der Waals surface area contributed by atoms with Crippen LogP contribution in [0.25, 0.3) is 0 Å². The molecule has 0 aliphatic carbocycles. The topological polar surface area (TPSA) is 89.4 Å². The normalized spacial score (nSPS) is 20.2. The molecule has 1 saturated heterocycles. The Hall–Kier alpha value is -1.27. The number of benzene rings is 1. The van der Waals surface area contributed by atoms with Gasteiger partial charge in [0.05, 0.1) is 5.69 Å². The molecular weight excluding hydrogens is 262 g/mol. The van der Waals surface area contributed by atoms with E-state index in [9.17, 15) is 8.42 Å². The second kappa shape index (κ2) is 5.02. The van der Waals surface area contributed by atoms with Gasteiger partial charge in [-0.2, -0.15) is 0 Å². The molecule has 1 unspecified atom stereocenters. The van der Waals surface area contributed by atoms with Gasteiger partial charge >= 0.3 is 0 Å². The van der Waals surface area contributed by atoms with E-state index in [0.717, 1.165) is 25.1 Å². The van der Waals surface area contributed by atoms with Crippen molar-refractivity contribution in [1.82, 2.24) is 0 Å². The van der Waals surface area contributed by atoms with Gasteiger partial charge in [0, 0.05) is 18.3 Å². The van der Waals surface area contributed by atoms with Crippen LogP contribution in [0.15, 0.2) is 23.1 Å². The zero-order chi connectivity index (χ0) is 14.2. The summed E-state index contributed by atoms with van der Waals surface area (Å²) in [6.45, 7) is 5.38. The largest absolute Gasteiger partial charge is 0.398 e. The Kier molecular flexibility index (Phi) is 3.73. The van der Waals surface area contributed by atoms with E-state index >= 15 is 0 Å². The molecule has 1 heterocycles. The summed E-state index contributed by atoms with van der Waals surface area (Å²) in [6.07, 6.45) is 2.31. The second-order valence-electron chi connectivity index (χ2n) is 5.41. The van der Waals surface area contributed by atoms with Gasteiger partial charge in [0.1, 0.15) is 4.90 Å². The summed E-state index contributed by atoms with van der Waals surface area (Å²) in [4.78, 5) is 2.30. The fraction of sp³-hybridized carbons (Fsp3) is 0.538. The molecule has 0 radical (unpaired) electrons. The van der Waals surface area contributed by atoms with Crippen molar-refractivity contribution in [2.45, 2.75) is 37.6 Å². The van der Waals surface area contributed by atoms with E-state index < -0.39 is 10.0 Å². The lowest BCUT2D eigenvalue weighted by molar-refractivity contribution is 0.492. The van der Waals surface area contributed by atoms with Gasteiger partial charge in [-0.25, -0.2) is 13.6 Å². The third-order valence-corrected chi connectivity index (χ3v) is 4.69. The van der Waals surface area contributed by atoms with Crippen molar-refractivity contribution in [2.24, 2.45) is 11.1 Å². The first-order valence-electron chi connectivity index (χ1n) is 6.49. The highest BCUT2D eigenvalue weighted by Crippen LogP contribution is 2.32. The van der Waals surface area contributed by atoms with Gasteiger partial charge in [-0.15, -0.1) is 0 Å². The van der Waals surface area contributed by atoms with Crippen molar-refractivity contribution in [3.8, 4) is 0 Å². The first-order valence-corrected chi connectivity index (χ1v) is 8.04. The number of nitrogens with zero attached hydrogens (tertiary/aromatic N) is 1. The SMILES string of the molecule is CC(C)C1CCCN1c1ccc(S(N)(=O)=O)c(N)c1. The zero-order valence-electron chi connectivity index (χ0n) is 11.3. The minimum atomic E-state index is -3.75. The summed E-state index contributed by atoms with van der Waals surface area (Å²) >= 11 is 0. The number of hydrogen-bond donors (Lipinski definition) is 2. The van der Waals surface area contributed by atoms with Crippen LogP contribution in [-0.4, -0.2) is 21.0 Å². The molecule has 5 nitrogen and oxygen atoms in total. The molecule has 0 aromatic heterocycles. The summed E-state index contributed by atoms with van der Waals surface area (Å²) in [6, 6.07) is 5.48. The lowest BCUT2D eigenvalue weighted by Gasteiger charge is -2.30. The Bertz CT molecular complexity index is 569. The van der Waals surface area contributed by atoms with Gasteiger partial charge in [0.25, 0.3) is 0 Å². The molecule has 1 aromatic carbocycles. The van der Waals surface area contributed by atoms with Gasteiger partial charge in [0.15, 0.2) is 0 Å². The van der Waals surface area contributed by atoms with Gasteiger partial charge < -0.3 is 10.6 Å². The van der Waals surface area contributed by atoms with Crippen molar-refractivity contribution < 1.29 is 8.42 Å². The molecule has 2 rings (SSSR count). The molecule has 1 aliphatic heterocycles. The van der Waals surface area contributed by atoms with E-state index in [1.54, 1.807) is 12.1 Å². The predicted molar refractivity (Wildman–Crippen MR) is 77.4 cm³/mol. The minimum absolute atomic E-state index is 0.00320. The van der Waals surface area contributed by atoms with Crippen molar-refractivity contribution in [2.75, 3.05) is 17.2 Å². The molecule has 0 saturated carbocycles. The molecule has 4 N–H and O–H groups in total. The zero-order valence-corrected chi connectivity index (χ0v) is 12.2. The van der Waals surface area contributed by atoms with Crippen LogP contribution in [0.3, 0.4) is 0 Å². The summed E-state index contributed by atoms with van der Waals surface area (Å²) in [5, 5.41) is 5.12. The fourth-order valence-corrected chi connectivity index (χ4v) is 3.43. The summed E-state index contributed by atoms with van der Waals surface area (Å²) in [7, 11) is -3.75. The Morgan fingerprint density at radius 3 is 2.58 bits per heavy atom. The monoisotopic (exact) mass is 283 g/mol. The van der Waals surface area contributed by atoms with Gasteiger partial charge in [-0.05, 0) is 37.0 Å². The summed E-state index contributed by atoms with van der Waals surface area (Å²) in [5.74, 6) is 0.557. The van der Waals surface area contributed by atoms with Gasteiger partial charge in [-0.3, -0.25) is 0 Å². The van der Waals surface area contributed by atoms with Crippen molar-refractivity contribution >= 4 is 21.4 Å². The number of primary sulfonamides is 1. The number of anilines is 2. The average molecular weight is 283 g/mol. The highest BCUT2D eigenvalue weighted by atomic mass is 32.2. The molecular formula is C13H21N3O2S. The number of hydrogen-bond acceptors (Lipinski definition) is 4. The van der Waals surface area contributed by atoms with E-state index in [2.05, 4.69) is 18.7 Å². The predicted octanol–water partition coefficient (Wildman–Crippen LogP) is 1.54. The van der Waals surface area contributed by atoms with Crippen LogP contribution < -0.4 is 15.8 Å². The number of nitrogen functional groups attached to an aromatic ring is 1. The average Bonchev–Trinajstić information content (AvgIpc) is 2.75. The van der Waals surface area contributed by atoms with Crippen LogP contribution in [0.5, 0.6) is 0 Å². The number of sulfonamides is 1. The van der Waals surface area contributed by atoms with Crippen LogP contribution in [0.1, 0.15) is 26.7 Å². The maximum absolute atomic E-state index is 11.3. The number of rotatable bonds is 3. The maximum atomic E-state index is 11.3. The molecule has 1 aliphatic rings. The Balaban J connectivity index is 2.35. The van der Waals surface area contributed by atoms with Crippen LogP contribution in [0.2, 0.25) is 0 Å². The fourth-order valence-electron chi connectivity index (χ4n) is 2.78. The molecule has 1 atom stereocenters. The number of nitrogens with two attached hydrogens (primary N) is 2. The van der Waals surface area contributed by atoms with Gasteiger partial charge in [0.2, 0.25) is 10.0 Å². The minimum Gasteiger partial charge on any atom is -0.398 e. The van der Waals surface area contributed by atoms with Crippen molar-refractivity contribution in [3.05, 3.63) is 18.2 Å². The lowest BCUT2D eigenvalue weighted by Crippen LogP contribution is -2.33. The lowest BCUT2D eigenvalue weighted by atomic mass is 10.0. The van der Waals surface area contributed by atoms with E-state index in [1.807, 2.05) is 0 Å². The van der Waals surface area contributed by atoms with Crippen LogP contribution in [0.4, 0.5) is 11.4 Å². The smallest absolute Gasteiger partial charge is 0.240 e. The van der Waals surface area contributed by atoms with E-state index in [-0.39, 0.29) is 10.6 Å². The van der Waals surface area contributed by atoms with E-state index in [1.165, 1.54) is 6.07 Å². The van der Waals surface area contributed by atoms with Gasteiger partial charge in [-0.1, -0.05) is 13.8 Å². The summed E-state index contributed by atoms with van der Waals surface area (Å²) in [5.41, 5.74) is 7.00. The molecule has 1 fully saturated rings. The standard InChI is InChI=1S/C13H21N3O2S/c1-9(2)12-4-3-7-16(12)10-5-6-13(11(14)8-10)19(15,17)18/h5-6,8-9,12H,3-4,7,14H2,1-2H3,(H2,15,17,18). The highest BCUT2D eigenvalue weighted by molar-refractivity contribution is 7.89. The van der Waals surface area contributed by atoms with Crippen LogP contribution >= 0.6 is 0 Å². The van der Waals surface area contributed by atoms with Crippen LogP contribution in [0, 0.1) is 5.92 Å². The summed E-state index contributed by atoms with van der Waals surface area (Å²) < 4.78 is 22.7. The highest BCUT2D eigenvalue weighted by Gasteiger charge is 2.27. The molecule has 1 aromatic rings. The Morgan fingerprint density at radius 1 is 1.37 bits per heavy atom. The first kappa shape index (κ1) is 14.1. The molecule has 0 bridgehead atoms. The van der Waals surface area contributed by atoms with Crippen molar-refractivity contribution in [3.63, 3.8) is 0 Å². The van der Waals surface area contributed by atoms with E-state index in [0.29, 0.717) is 12.0 Å². The maximum Gasteiger partial charge on any atom is 0.240 e. The second-order valence-corrected chi connectivity index (χ2v) is 6.94. The molecule has 19 heavy (non-hydrogen) atoms. The third-order valence-electron chi connectivity index (χ3n) is 3.70. The van der Waals surface area contributed by atoms with Crippen LogP contribution in [-0.2, 0) is 10.0 Å².